The number of anilines is 1. The summed E-state index contributed by atoms with van der Waals surface area (Å²) >= 11 is 7.79. The second-order valence-corrected chi connectivity index (χ2v) is 7.57. The van der Waals surface area contributed by atoms with E-state index in [1.165, 1.54) is 4.90 Å². The van der Waals surface area contributed by atoms with Crippen LogP contribution in [-0.4, -0.2) is 18.3 Å². The summed E-state index contributed by atoms with van der Waals surface area (Å²) in [5, 5.41) is -0.302. The van der Waals surface area contributed by atoms with Crippen molar-refractivity contribution >= 4 is 66.5 Å². The van der Waals surface area contributed by atoms with E-state index in [-0.39, 0.29) is 11.1 Å². The molecule has 0 atom stereocenters. The van der Waals surface area contributed by atoms with E-state index in [9.17, 15) is 9.59 Å². The number of halogens is 2. The summed E-state index contributed by atoms with van der Waals surface area (Å²) in [6.07, 6.45) is 1.70. The van der Waals surface area contributed by atoms with Crippen LogP contribution in [0.4, 0.5) is 10.5 Å². The molecule has 0 spiro atoms. The number of benzene rings is 2. The number of hydrogen-bond acceptors (Lipinski definition) is 4. The van der Waals surface area contributed by atoms with Crippen molar-refractivity contribution in [1.29, 1.82) is 0 Å². The number of amides is 2. The van der Waals surface area contributed by atoms with Crippen LogP contribution in [0.1, 0.15) is 5.56 Å². The Morgan fingerprint density at radius 3 is 2.29 bits per heavy atom. The maximum Gasteiger partial charge on any atom is 0.298 e. The van der Waals surface area contributed by atoms with Crippen molar-refractivity contribution in [2.45, 2.75) is 0 Å². The van der Waals surface area contributed by atoms with Crippen LogP contribution in [0, 0.1) is 0 Å². The van der Waals surface area contributed by atoms with E-state index in [4.69, 9.17) is 4.74 Å². The molecular weight excluding hydrogens is 458 g/mol. The number of rotatable bonds is 3. The first-order valence-electron chi connectivity index (χ1n) is 6.87. The van der Waals surface area contributed by atoms with Gasteiger partial charge in [-0.2, -0.15) is 0 Å². The zero-order chi connectivity index (χ0) is 17.3. The quantitative estimate of drug-likeness (QED) is 0.561. The smallest absolute Gasteiger partial charge is 0.298 e. The average Bonchev–Trinajstić information content (AvgIpc) is 2.82. The third-order valence-corrected chi connectivity index (χ3v) is 5.38. The molecule has 7 heteroatoms. The maximum absolute atomic E-state index is 12.6. The van der Waals surface area contributed by atoms with E-state index >= 15 is 0 Å². The van der Waals surface area contributed by atoms with E-state index < -0.39 is 0 Å². The highest BCUT2D eigenvalue weighted by Gasteiger charge is 2.36. The summed E-state index contributed by atoms with van der Waals surface area (Å²) in [6, 6.07) is 12.6. The second-order valence-electron chi connectivity index (χ2n) is 4.87. The fourth-order valence-corrected chi connectivity index (χ4v) is 4.66. The molecule has 122 valence electrons. The number of hydrogen-bond donors (Lipinski definition) is 0. The Kier molecular flexibility index (Phi) is 5.12. The van der Waals surface area contributed by atoms with E-state index in [0.29, 0.717) is 16.3 Å². The topological polar surface area (TPSA) is 46.6 Å². The minimum absolute atomic E-state index is 0.302. The van der Waals surface area contributed by atoms with Crippen molar-refractivity contribution in [3.63, 3.8) is 0 Å². The molecule has 0 saturated carbocycles. The summed E-state index contributed by atoms with van der Waals surface area (Å²) < 4.78 is 6.78. The van der Waals surface area contributed by atoms with Crippen molar-refractivity contribution in [2.24, 2.45) is 0 Å². The first-order valence-corrected chi connectivity index (χ1v) is 9.27. The lowest BCUT2D eigenvalue weighted by atomic mass is 10.2. The van der Waals surface area contributed by atoms with Gasteiger partial charge in [0, 0.05) is 0 Å². The highest BCUT2D eigenvalue weighted by Crippen LogP contribution is 2.38. The molecule has 1 fully saturated rings. The Balaban J connectivity index is 1.95. The zero-order valence-corrected chi connectivity index (χ0v) is 16.4. The number of imide groups is 1. The molecular formula is C17H11Br2NO3S. The second kappa shape index (κ2) is 7.13. The standard InChI is InChI=1S/C17H11Br2NO3S/c1-23-15-12(18)7-10(8-13(15)19)9-14-16(21)20(17(22)24-14)11-5-3-2-4-6-11/h2-9H,1H3/b14-9-. The summed E-state index contributed by atoms with van der Waals surface area (Å²) in [6.45, 7) is 0. The maximum atomic E-state index is 12.6. The van der Waals surface area contributed by atoms with Gasteiger partial charge in [-0.25, -0.2) is 4.90 Å². The zero-order valence-electron chi connectivity index (χ0n) is 12.5. The van der Waals surface area contributed by atoms with E-state index in [2.05, 4.69) is 31.9 Å². The Hall–Kier alpha value is -1.57. The number of methoxy groups -OCH3 is 1. The molecule has 0 unspecified atom stereocenters. The molecule has 0 N–H and O–H groups in total. The number of ether oxygens (including phenoxy) is 1. The Bertz CT molecular complexity index is 829. The van der Waals surface area contributed by atoms with Crippen LogP contribution in [0.2, 0.25) is 0 Å². The van der Waals surface area contributed by atoms with Crippen molar-refractivity contribution in [3.05, 3.63) is 61.9 Å². The monoisotopic (exact) mass is 467 g/mol. The lowest BCUT2D eigenvalue weighted by molar-refractivity contribution is -0.113. The molecule has 2 amide bonds. The molecule has 2 aromatic carbocycles. The summed E-state index contributed by atoms with van der Waals surface area (Å²) in [4.78, 5) is 26.4. The van der Waals surface area contributed by atoms with E-state index in [0.717, 1.165) is 26.3 Å². The summed E-state index contributed by atoms with van der Waals surface area (Å²) in [7, 11) is 1.58. The van der Waals surface area contributed by atoms with Crippen LogP contribution < -0.4 is 9.64 Å². The number of thioether (sulfide) groups is 1. The van der Waals surface area contributed by atoms with Gasteiger partial charge in [-0.1, -0.05) is 18.2 Å². The van der Waals surface area contributed by atoms with Crippen LogP contribution in [0.15, 0.2) is 56.3 Å². The largest absolute Gasteiger partial charge is 0.494 e. The van der Waals surface area contributed by atoms with Gasteiger partial charge >= 0.3 is 0 Å². The lowest BCUT2D eigenvalue weighted by Gasteiger charge is -2.11. The Morgan fingerprint density at radius 2 is 1.71 bits per heavy atom. The van der Waals surface area contributed by atoms with Gasteiger partial charge in [0.05, 0.1) is 26.6 Å². The third-order valence-electron chi connectivity index (χ3n) is 3.33. The van der Waals surface area contributed by atoms with Gasteiger partial charge in [-0.3, -0.25) is 9.59 Å². The predicted octanol–water partition coefficient (Wildman–Crippen LogP) is 5.46. The number of para-hydroxylation sites is 1. The molecule has 24 heavy (non-hydrogen) atoms. The molecule has 4 nitrogen and oxygen atoms in total. The minimum atomic E-state index is -0.320. The Labute approximate surface area is 160 Å². The molecule has 0 radical (unpaired) electrons. The van der Waals surface area contributed by atoms with Crippen LogP contribution in [0.25, 0.3) is 6.08 Å². The van der Waals surface area contributed by atoms with Crippen molar-refractivity contribution in [3.8, 4) is 5.75 Å². The predicted molar refractivity (Wildman–Crippen MR) is 103 cm³/mol. The minimum Gasteiger partial charge on any atom is -0.494 e. The highest BCUT2D eigenvalue weighted by atomic mass is 79.9. The SMILES string of the molecule is COc1c(Br)cc(/C=C2\SC(=O)N(c3ccccc3)C2=O)cc1Br. The first kappa shape index (κ1) is 17.3. The van der Waals surface area contributed by atoms with Gasteiger partial charge < -0.3 is 4.74 Å². The molecule has 1 aliphatic heterocycles. The van der Waals surface area contributed by atoms with Crippen molar-refractivity contribution in [2.75, 3.05) is 12.0 Å². The molecule has 0 bridgehead atoms. The van der Waals surface area contributed by atoms with Gasteiger partial charge in [-0.15, -0.1) is 0 Å². The third kappa shape index (κ3) is 3.29. The average molecular weight is 469 g/mol. The fourth-order valence-electron chi connectivity index (χ4n) is 2.28. The molecule has 2 aromatic rings. The van der Waals surface area contributed by atoms with Gasteiger partial charge in [0.2, 0.25) is 0 Å². The van der Waals surface area contributed by atoms with Gasteiger partial charge in [-0.05, 0) is 79.5 Å². The van der Waals surface area contributed by atoms with E-state index in [1.807, 2.05) is 18.2 Å². The van der Waals surface area contributed by atoms with Gasteiger partial charge in [0.1, 0.15) is 5.75 Å². The molecule has 3 rings (SSSR count). The highest BCUT2D eigenvalue weighted by molar-refractivity contribution is 9.11. The molecule has 0 aliphatic carbocycles. The molecule has 1 saturated heterocycles. The molecule has 1 aliphatic rings. The number of carbonyl (C=O) groups is 2. The van der Waals surface area contributed by atoms with E-state index in [1.54, 1.807) is 37.5 Å². The van der Waals surface area contributed by atoms with Gasteiger partial charge in [0.25, 0.3) is 11.1 Å². The summed E-state index contributed by atoms with van der Waals surface area (Å²) in [5.41, 5.74) is 1.36. The van der Waals surface area contributed by atoms with Crippen LogP contribution in [-0.2, 0) is 4.79 Å². The lowest BCUT2D eigenvalue weighted by Crippen LogP contribution is -2.27. The van der Waals surface area contributed by atoms with Gasteiger partial charge in [0.15, 0.2) is 0 Å². The molecule has 1 heterocycles. The fraction of sp³-hybridized carbons (Fsp3) is 0.0588. The number of carbonyl (C=O) groups excluding carboxylic acids is 2. The van der Waals surface area contributed by atoms with Crippen molar-refractivity contribution < 1.29 is 14.3 Å². The summed E-state index contributed by atoms with van der Waals surface area (Å²) in [5.74, 6) is 0.351. The van der Waals surface area contributed by atoms with Crippen LogP contribution in [0.5, 0.6) is 5.75 Å². The first-order chi connectivity index (χ1) is 11.5. The molecule has 0 aromatic heterocycles. The Morgan fingerprint density at radius 1 is 1.08 bits per heavy atom. The normalized spacial score (nSPS) is 16.1. The number of nitrogens with zero attached hydrogens (tertiary/aromatic N) is 1. The van der Waals surface area contributed by atoms with Crippen LogP contribution in [0.3, 0.4) is 0 Å². The van der Waals surface area contributed by atoms with Crippen molar-refractivity contribution in [1.82, 2.24) is 0 Å². The van der Waals surface area contributed by atoms with Crippen LogP contribution >= 0.6 is 43.6 Å².